The van der Waals surface area contributed by atoms with Crippen molar-refractivity contribution in [2.24, 2.45) is 17.1 Å². The third kappa shape index (κ3) is 8.20. The number of nitrogens with one attached hydrogen (secondary N) is 2. The number of primary amides is 1. The molecule has 9 nitrogen and oxygen atoms in total. The van der Waals surface area contributed by atoms with E-state index >= 15 is 0 Å². The molecule has 0 atom stereocenters. The van der Waals surface area contributed by atoms with E-state index in [1.165, 1.54) is 26.0 Å². The molecule has 0 radical (unpaired) electrons. The van der Waals surface area contributed by atoms with E-state index in [1.54, 1.807) is 32.3 Å². The molecule has 0 saturated heterocycles. The SMILES string of the molecule is CCC(C)(C)NS(=O)(=O)c1ccc(-c2cc(S(=O)(=O)NCC(C)(C)C(N)=O)c(C)n2CC2CCCCC2)cc1C(F)(F)F. The third-order valence-electron chi connectivity index (χ3n) is 8.31. The molecule has 242 valence electrons. The Kier molecular flexibility index (Phi) is 10.2. The van der Waals surface area contributed by atoms with Crippen molar-refractivity contribution in [2.45, 2.75) is 108 Å². The number of sulfonamides is 2. The molecule has 1 fully saturated rings. The van der Waals surface area contributed by atoms with Gasteiger partial charge >= 0.3 is 6.18 Å². The first-order valence-electron chi connectivity index (χ1n) is 14.4. The Hall–Kier alpha value is -2.42. The molecule has 1 saturated carbocycles. The van der Waals surface area contributed by atoms with Crippen molar-refractivity contribution < 1.29 is 34.8 Å². The number of nitrogens with two attached hydrogens (primary N) is 1. The fourth-order valence-corrected chi connectivity index (χ4v) is 8.24. The van der Waals surface area contributed by atoms with Crippen molar-refractivity contribution >= 4 is 26.0 Å². The van der Waals surface area contributed by atoms with Crippen LogP contribution in [0.1, 0.15) is 84.4 Å². The van der Waals surface area contributed by atoms with Gasteiger partial charge in [-0.3, -0.25) is 4.79 Å². The molecule has 3 rings (SSSR count). The Morgan fingerprint density at radius 1 is 0.977 bits per heavy atom. The molecule has 1 aliphatic rings. The van der Waals surface area contributed by atoms with Crippen molar-refractivity contribution in [1.82, 2.24) is 14.0 Å². The number of amides is 1. The fraction of sp³-hybridized carbons (Fsp3) is 0.621. The van der Waals surface area contributed by atoms with Crippen LogP contribution in [0.3, 0.4) is 0 Å². The summed E-state index contributed by atoms with van der Waals surface area (Å²) in [6.07, 6.45) is 0.218. The first-order chi connectivity index (χ1) is 19.6. The zero-order chi connectivity index (χ0) is 32.6. The highest BCUT2D eigenvalue weighted by Gasteiger charge is 2.39. The van der Waals surface area contributed by atoms with Crippen LogP contribution < -0.4 is 15.2 Å². The molecular weight excluding hydrogens is 605 g/mol. The molecular formula is C29H43F3N4O5S2. The number of aromatic nitrogens is 1. The average Bonchev–Trinajstić information content (AvgIpc) is 3.23. The summed E-state index contributed by atoms with van der Waals surface area (Å²) in [7, 11) is -8.76. The monoisotopic (exact) mass is 648 g/mol. The van der Waals surface area contributed by atoms with Crippen LogP contribution in [-0.2, 0) is 37.6 Å². The molecule has 0 aliphatic heterocycles. The Morgan fingerprint density at radius 2 is 1.58 bits per heavy atom. The van der Waals surface area contributed by atoms with Crippen molar-refractivity contribution in [3.63, 3.8) is 0 Å². The van der Waals surface area contributed by atoms with Crippen LogP contribution in [-0.4, -0.2) is 39.4 Å². The predicted octanol–water partition coefficient (Wildman–Crippen LogP) is 5.32. The summed E-state index contributed by atoms with van der Waals surface area (Å²) in [5.41, 5.74) is 2.45. The van der Waals surface area contributed by atoms with E-state index in [2.05, 4.69) is 9.44 Å². The number of benzene rings is 1. The second kappa shape index (κ2) is 12.5. The zero-order valence-corrected chi connectivity index (χ0v) is 27.2. The van der Waals surface area contributed by atoms with E-state index in [-0.39, 0.29) is 28.6 Å². The van der Waals surface area contributed by atoms with Crippen LogP contribution in [0.2, 0.25) is 0 Å². The number of alkyl halides is 3. The van der Waals surface area contributed by atoms with Crippen LogP contribution >= 0.6 is 0 Å². The molecule has 14 heteroatoms. The molecule has 0 spiro atoms. The van der Waals surface area contributed by atoms with Crippen molar-refractivity contribution in [2.75, 3.05) is 6.54 Å². The van der Waals surface area contributed by atoms with E-state index < -0.39 is 53.5 Å². The minimum Gasteiger partial charge on any atom is -0.369 e. The maximum absolute atomic E-state index is 14.4. The molecule has 0 unspecified atom stereocenters. The van der Waals surface area contributed by atoms with Crippen molar-refractivity contribution in [3.8, 4) is 11.3 Å². The number of hydrogen-bond acceptors (Lipinski definition) is 5. The molecule has 43 heavy (non-hydrogen) atoms. The summed E-state index contributed by atoms with van der Waals surface area (Å²) in [6, 6.07) is 4.26. The Balaban J connectivity index is 2.19. The molecule has 1 aromatic carbocycles. The Bertz CT molecular complexity index is 1560. The molecule has 1 amide bonds. The van der Waals surface area contributed by atoms with Gasteiger partial charge in [-0.15, -0.1) is 0 Å². The van der Waals surface area contributed by atoms with Gasteiger partial charge in [0.05, 0.1) is 15.9 Å². The Labute approximate surface area is 252 Å². The summed E-state index contributed by atoms with van der Waals surface area (Å²) in [4.78, 5) is 10.7. The molecule has 2 aromatic rings. The number of halogens is 3. The number of hydrogen-bond donors (Lipinski definition) is 3. The van der Waals surface area contributed by atoms with Crippen molar-refractivity contribution in [3.05, 3.63) is 35.5 Å². The van der Waals surface area contributed by atoms with Gasteiger partial charge in [-0.05, 0) is 83.6 Å². The lowest BCUT2D eigenvalue weighted by Crippen LogP contribution is -2.43. The lowest BCUT2D eigenvalue weighted by atomic mass is 9.89. The van der Waals surface area contributed by atoms with Gasteiger partial charge in [-0.1, -0.05) is 32.3 Å². The van der Waals surface area contributed by atoms with Gasteiger partial charge in [0.1, 0.15) is 4.90 Å². The minimum absolute atomic E-state index is 0.0267. The van der Waals surface area contributed by atoms with Crippen LogP contribution in [0.15, 0.2) is 34.1 Å². The van der Waals surface area contributed by atoms with Crippen LogP contribution in [0, 0.1) is 18.3 Å². The average molecular weight is 649 g/mol. The first-order valence-corrected chi connectivity index (χ1v) is 17.3. The van der Waals surface area contributed by atoms with Gasteiger partial charge in [-0.25, -0.2) is 26.3 Å². The second-order valence-corrected chi connectivity index (χ2v) is 16.1. The summed E-state index contributed by atoms with van der Waals surface area (Å²) in [6.45, 7) is 9.55. The standard InChI is InChI=1S/C29H43F3N4O5S2/c1-7-28(5,6)35-43(40,41)24-14-13-21(15-22(24)29(30,31)32)23-16-25(42(38,39)34-18-27(3,4)26(33)37)19(2)36(23)17-20-11-9-8-10-12-20/h13-16,20,34-35H,7-12,17-18H2,1-6H3,(H2,33,37). The van der Waals surface area contributed by atoms with E-state index in [4.69, 9.17) is 5.73 Å². The number of rotatable bonds is 12. The highest BCUT2D eigenvalue weighted by Crippen LogP contribution is 2.39. The van der Waals surface area contributed by atoms with Gasteiger partial charge in [0.15, 0.2) is 0 Å². The maximum atomic E-state index is 14.4. The van der Waals surface area contributed by atoms with E-state index in [0.717, 1.165) is 44.2 Å². The molecule has 0 bridgehead atoms. The van der Waals surface area contributed by atoms with Gasteiger partial charge in [0.25, 0.3) is 0 Å². The summed E-state index contributed by atoms with van der Waals surface area (Å²) < 4.78 is 103. The first kappa shape index (κ1) is 35.1. The fourth-order valence-electron chi connectivity index (χ4n) is 5.07. The lowest BCUT2D eigenvalue weighted by molar-refractivity contribution is -0.139. The highest BCUT2D eigenvalue weighted by molar-refractivity contribution is 7.89. The Morgan fingerprint density at radius 3 is 2.12 bits per heavy atom. The van der Waals surface area contributed by atoms with E-state index in [1.807, 2.05) is 0 Å². The quantitative estimate of drug-likeness (QED) is 0.286. The molecule has 4 N–H and O–H groups in total. The number of carbonyl (C=O) groups excluding carboxylic acids is 1. The van der Waals surface area contributed by atoms with Crippen LogP contribution in [0.25, 0.3) is 11.3 Å². The zero-order valence-electron chi connectivity index (χ0n) is 25.6. The number of nitrogens with zero attached hydrogens (tertiary/aromatic N) is 1. The normalized spacial score (nSPS) is 16.0. The minimum atomic E-state index is -5.01. The topological polar surface area (TPSA) is 140 Å². The highest BCUT2D eigenvalue weighted by atomic mass is 32.2. The van der Waals surface area contributed by atoms with E-state index in [9.17, 15) is 34.8 Å². The van der Waals surface area contributed by atoms with Gasteiger partial charge in [0.2, 0.25) is 26.0 Å². The molecule has 1 aromatic heterocycles. The predicted molar refractivity (Wildman–Crippen MR) is 159 cm³/mol. The van der Waals surface area contributed by atoms with Gasteiger partial charge in [0, 0.05) is 30.0 Å². The van der Waals surface area contributed by atoms with Crippen molar-refractivity contribution in [1.29, 1.82) is 0 Å². The number of carbonyl (C=O) groups is 1. The summed E-state index contributed by atoms with van der Waals surface area (Å²) in [5.74, 6) is -0.507. The van der Waals surface area contributed by atoms with Gasteiger partial charge < -0.3 is 10.3 Å². The third-order valence-corrected chi connectivity index (χ3v) is 11.6. The largest absolute Gasteiger partial charge is 0.417 e. The maximum Gasteiger partial charge on any atom is 0.417 e. The lowest BCUT2D eigenvalue weighted by Gasteiger charge is -2.26. The second-order valence-electron chi connectivity index (χ2n) is 12.7. The van der Waals surface area contributed by atoms with Gasteiger partial charge in [-0.2, -0.15) is 13.2 Å². The van der Waals surface area contributed by atoms with Crippen LogP contribution in [0.5, 0.6) is 0 Å². The summed E-state index contributed by atoms with van der Waals surface area (Å²) in [5, 5.41) is 0. The summed E-state index contributed by atoms with van der Waals surface area (Å²) >= 11 is 0. The smallest absolute Gasteiger partial charge is 0.369 e. The van der Waals surface area contributed by atoms with E-state index in [0.29, 0.717) is 18.7 Å². The van der Waals surface area contributed by atoms with Crippen LogP contribution in [0.4, 0.5) is 13.2 Å². The molecule has 1 aliphatic carbocycles. The molecule has 1 heterocycles.